The highest BCUT2D eigenvalue weighted by Crippen LogP contribution is 2.28. The first kappa shape index (κ1) is 15.8. The van der Waals surface area contributed by atoms with Crippen molar-refractivity contribution in [2.45, 2.75) is 25.9 Å². The molecule has 0 heterocycles. The van der Waals surface area contributed by atoms with Gasteiger partial charge in [0.25, 0.3) is 0 Å². The minimum Gasteiger partial charge on any atom is -0.304 e. The molecule has 4 heteroatoms. The van der Waals surface area contributed by atoms with Crippen molar-refractivity contribution < 1.29 is 0 Å². The van der Waals surface area contributed by atoms with Gasteiger partial charge in [-0.15, -0.1) is 0 Å². The zero-order valence-electron chi connectivity index (χ0n) is 11.3. The second-order valence-electron chi connectivity index (χ2n) is 4.83. The molecule has 0 saturated heterocycles. The van der Waals surface area contributed by atoms with Crippen molar-refractivity contribution in [1.29, 1.82) is 0 Å². The number of nitrogens with one attached hydrogen (secondary N) is 1. The van der Waals surface area contributed by atoms with Gasteiger partial charge < -0.3 is 5.32 Å². The molecule has 106 valence electrons. The molecule has 20 heavy (non-hydrogen) atoms. The van der Waals surface area contributed by atoms with E-state index in [1.54, 1.807) is 6.07 Å². The predicted octanol–water partition coefficient (Wildman–Crippen LogP) is 6.17. The van der Waals surface area contributed by atoms with Crippen molar-refractivity contribution in [3.8, 4) is 0 Å². The van der Waals surface area contributed by atoms with Crippen LogP contribution in [0.25, 0.3) is 0 Å². The number of rotatable bonds is 4. The van der Waals surface area contributed by atoms with E-state index in [1.165, 1.54) is 5.56 Å². The lowest BCUT2D eigenvalue weighted by atomic mass is 10.0. The molecule has 0 aliphatic rings. The van der Waals surface area contributed by atoms with Gasteiger partial charge in [-0.1, -0.05) is 51.3 Å². The molecule has 0 bridgehead atoms. The smallest absolute Gasteiger partial charge is 0.0454 e. The Hall–Kier alpha value is -0.540. The van der Waals surface area contributed by atoms with Crippen LogP contribution >= 0.6 is 39.1 Å². The van der Waals surface area contributed by atoms with Gasteiger partial charge in [0.2, 0.25) is 0 Å². The summed E-state index contributed by atoms with van der Waals surface area (Å²) in [5.41, 5.74) is 2.24. The highest BCUT2D eigenvalue weighted by Gasteiger charge is 2.14. The fourth-order valence-corrected chi connectivity index (χ4v) is 3.06. The maximum Gasteiger partial charge on any atom is 0.0454 e. The SMILES string of the molecule is CC(N[C@@H](C)c1cccc(Br)c1)c1cc(Cl)ccc1Cl. The normalized spacial score (nSPS) is 14.1. The van der Waals surface area contributed by atoms with Crippen molar-refractivity contribution in [3.05, 3.63) is 68.1 Å². The van der Waals surface area contributed by atoms with E-state index in [4.69, 9.17) is 23.2 Å². The second-order valence-corrected chi connectivity index (χ2v) is 6.59. The number of benzene rings is 2. The second kappa shape index (κ2) is 6.95. The van der Waals surface area contributed by atoms with E-state index in [-0.39, 0.29) is 12.1 Å². The van der Waals surface area contributed by atoms with E-state index in [2.05, 4.69) is 47.2 Å². The van der Waals surface area contributed by atoms with Gasteiger partial charge in [-0.25, -0.2) is 0 Å². The van der Waals surface area contributed by atoms with E-state index in [0.717, 1.165) is 15.1 Å². The molecule has 2 aromatic rings. The van der Waals surface area contributed by atoms with Gasteiger partial charge in [-0.2, -0.15) is 0 Å². The molecule has 0 aromatic heterocycles. The third-order valence-electron chi connectivity index (χ3n) is 3.27. The standard InChI is InChI=1S/C16H16BrCl2N/c1-10(12-4-3-5-13(17)8-12)20-11(2)15-9-14(18)6-7-16(15)19/h3-11,20H,1-2H3/t10-,11?/m0/s1. The maximum absolute atomic E-state index is 6.24. The van der Waals surface area contributed by atoms with Crippen molar-refractivity contribution >= 4 is 39.1 Å². The average molecular weight is 373 g/mol. The van der Waals surface area contributed by atoms with E-state index < -0.39 is 0 Å². The van der Waals surface area contributed by atoms with Gasteiger partial charge >= 0.3 is 0 Å². The molecule has 0 aliphatic carbocycles. The molecule has 0 fully saturated rings. The van der Waals surface area contributed by atoms with Crippen LogP contribution in [0.5, 0.6) is 0 Å². The van der Waals surface area contributed by atoms with Crippen LogP contribution in [-0.2, 0) is 0 Å². The Labute approximate surface area is 138 Å². The molecule has 0 spiro atoms. The summed E-state index contributed by atoms with van der Waals surface area (Å²) < 4.78 is 1.08. The Morgan fingerprint density at radius 2 is 1.75 bits per heavy atom. The summed E-state index contributed by atoms with van der Waals surface area (Å²) >= 11 is 15.8. The Morgan fingerprint density at radius 3 is 2.45 bits per heavy atom. The first-order valence-electron chi connectivity index (χ1n) is 6.44. The average Bonchev–Trinajstić information content (AvgIpc) is 2.41. The van der Waals surface area contributed by atoms with E-state index in [1.807, 2.05) is 24.3 Å². The van der Waals surface area contributed by atoms with E-state index in [0.29, 0.717) is 5.02 Å². The van der Waals surface area contributed by atoms with Crippen LogP contribution in [-0.4, -0.2) is 0 Å². The van der Waals surface area contributed by atoms with Crippen LogP contribution in [0.1, 0.15) is 37.1 Å². The molecule has 2 aromatic carbocycles. The van der Waals surface area contributed by atoms with Gasteiger partial charge in [-0.05, 0) is 55.3 Å². The Balaban J connectivity index is 2.15. The lowest BCUT2D eigenvalue weighted by Crippen LogP contribution is -2.22. The predicted molar refractivity (Wildman–Crippen MR) is 90.6 cm³/mol. The zero-order chi connectivity index (χ0) is 14.7. The van der Waals surface area contributed by atoms with Crippen molar-refractivity contribution in [2.75, 3.05) is 0 Å². The van der Waals surface area contributed by atoms with Crippen LogP contribution < -0.4 is 5.32 Å². The molecular weight excluding hydrogens is 357 g/mol. The summed E-state index contributed by atoms with van der Waals surface area (Å²) in [5.74, 6) is 0. The van der Waals surface area contributed by atoms with Crippen LogP contribution in [0, 0.1) is 0 Å². The van der Waals surface area contributed by atoms with E-state index >= 15 is 0 Å². The monoisotopic (exact) mass is 371 g/mol. The third kappa shape index (κ3) is 3.98. The van der Waals surface area contributed by atoms with E-state index in [9.17, 15) is 0 Å². The van der Waals surface area contributed by atoms with Gasteiger partial charge in [-0.3, -0.25) is 0 Å². The number of halogens is 3. The van der Waals surface area contributed by atoms with Crippen LogP contribution in [0.4, 0.5) is 0 Å². The minimum atomic E-state index is 0.121. The summed E-state index contributed by atoms with van der Waals surface area (Å²) in [5, 5.41) is 4.98. The van der Waals surface area contributed by atoms with Crippen LogP contribution in [0.2, 0.25) is 10.0 Å². The molecule has 2 atom stereocenters. The lowest BCUT2D eigenvalue weighted by molar-refractivity contribution is 0.494. The molecule has 2 rings (SSSR count). The Kier molecular flexibility index (Phi) is 5.50. The summed E-state index contributed by atoms with van der Waals surface area (Å²) in [6, 6.07) is 14.2. The van der Waals surface area contributed by atoms with Crippen molar-refractivity contribution in [1.82, 2.24) is 5.32 Å². The molecule has 1 N–H and O–H groups in total. The largest absolute Gasteiger partial charge is 0.304 e. The first-order chi connectivity index (χ1) is 9.47. The maximum atomic E-state index is 6.24. The molecule has 0 aliphatic heterocycles. The van der Waals surface area contributed by atoms with Crippen molar-refractivity contribution in [2.24, 2.45) is 0 Å². The summed E-state index contributed by atoms with van der Waals surface area (Å²) in [4.78, 5) is 0. The quantitative estimate of drug-likeness (QED) is 0.676. The fraction of sp³-hybridized carbons (Fsp3) is 0.250. The Morgan fingerprint density at radius 1 is 1.00 bits per heavy atom. The van der Waals surface area contributed by atoms with Crippen LogP contribution in [0.15, 0.2) is 46.9 Å². The fourth-order valence-electron chi connectivity index (χ4n) is 2.18. The highest BCUT2D eigenvalue weighted by atomic mass is 79.9. The highest BCUT2D eigenvalue weighted by molar-refractivity contribution is 9.10. The van der Waals surface area contributed by atoms with Gasteiger partial charge in [0.05, 0.1) is 0 Å². The van der Waals surface area contributed by atoms with Crippen molar-refractivity contribution in [3.63, 3.8) is 0 Å². The molecule has 0 radical (unpaired) electrons. The van der Waals surface area contributed by atoms with Crippen LogP contribution in [0.3, 0.4) is 0 Å². The Bertz CT molecular complexity index is 601. The molecule has 0 saturated carbocycles. The third-order valence-corrected chi connectivity index (χ3v) is 4.35. The topological polar surface area (TPSA) is 12.0 Å². The molecule has 1 unspecified atom stereocenters. The zero-order valence-corrected chi connectivity index (χ0v) is 14.4. The summed E-state index contributed by atoms with van der Waals surface area (Å²) in [6.07, 6.45) is 0. The van der Waals surface area contributed by atoms with Gasteiger partial charge in [0.1, 0.15) is 0 Å². The molecule has 0 amide bonds. The first-order valence-corrected chi connectivity index (χ1v) is 7.98. The molecule has 1 nitrogen and oxygen atoms in total. The summed E-state index contributed by atoms with van der Waals surface area (Å²) in [7, 11) is 0. The number of hydrogen-bond acceptors (Lipinski definition) is 1. The lowest BCUT2D eigenvalue weighted by Gasteiger charge is -2.22. The summed E-state index contributed by atoms with van der Waals surface area (Å²) in [6.45, 7) is 4.22. The molecular formula is C16H16BrCl2N. The van der Waals surface area contributed by atoms with Gasteiger partial charge in [0, 0.05) is 26.6 Å². The number of hydrogen-bond donors (Lipinski definition) is 1. The minimum absolute atomic E-state index is 0.121. The van der Waals surface area contributed by atoms with Gasteiger partial charge in [0.15, 0.2) is 0 Å².